The normalized spacial score (nSPS) is 19.0. The lowest BCUT2D eigenvalue weighted by Gasteiger charge is -2.10. The summed E-state index contributed by atoms with van der Waals surface area (Å²) in [5.74, 6) is 0.318. The van der Waals surface area contributed by atoms with Crippen LogP contribution in [0.4, 0.5) is 5.69 Å². The van der Waals surface area contributed by atoms with Crippen LogP contribution in [0.3, 0.4) is 0 Å². The van der Waals surface area contributed by atoms with Crippen LogP contribution in [-0.2, 0) is 14.6 Å². The highest BCUT2D eigenvalue weighted by molar-refractivity contribution is 7.91. The minimum atomic E-state index is -3.07. The van der Waals surface area contributed by atoms with E-state index in [9.17, 15) is 13.2 Å². The first-order valence-corrected chi connectivity index (χ1v) is 9.45. The van der Waals surface area contributed by atoms with Crippen molar-refractivity contribution in [1.29, 1.82) is 0 Å². The number of aromatic nitrogens is 1. The molecule has 2 aromatic rings. The molecule has 126 valence electrons. The van der Waals surface area contributed by atoms with Crippen LogP contribution >= 0.6 is 0 Å². The lowest BCUT2D eigenvalue weighted by atomic mass is 10.1. The van der Waals surface area contributed by atoms with E-state index < -0.39 is 15.8 Å². The van der Waals surface area contributed by atoms with E-state index in [0.717, 1.165) is 5.56 Å². The van der Waals surface area contributed by atoms with Crippen molar-refractivity contribution in [3.8, 4) is 11.6 Å². The van der Waals surface area contributed by atoms with Crippen molar-refractivity contribution >= 4 is 21.4 Å². The van der Waals surface area contributed by atoms with E-state index in [2.05, 4.69) is 10.3 Å². The molecule has 0 saturated carbocycles. The molecule has 24 heavy (non-hydrogen) atoms. The van der Waals surface area contributed by atoms with Crippen LogP contribution in [0, 0.1) is 12.8 Å². The number of nitrogens with zero attached hydrogens (tertiary/aromatic N) is 1. The second-order valence-corrected chi connectivity index (χ2v) is 8.12. The van der Waals surface area contributed by atoms with Gasteiger partial charge in [0.25, 0.3) is 0 Å². The number of hydrogen-bond donors (Lipinski definition) is 1. The zero-order chi connectivity index (χ0) is 17.2. The minimum absolute atomic E-state index is 0.0761. The molecule has 0 radical (unpaired) electrons. The van der Waals surface area contributed by atoms with Crippen molar-refractivity contribution in [2.24, 2.45) is 5.92 Å². The Morgan fingerprint density at radius 3 is 2.54 bits per heavy atom. The summed E-state index contributed by atoms with van der Waals surface area (Å²) in [4.78, 5) is 16.2. The second kappa shape index (κ2) is 6.60. The fraction of sp³-hybridized carbons (Fsp3) is 0.294. The number of carbonyl (C=O) groups is 1. The van der Waals surface area contributed by atoms with Gasteiger partial charge in [-0.2, -0.15) is 0 Å². The third-order valence-electron chi connectivity index (χ3n) is 3.85. The number of ether oxygens (including phenoxy) is 1. The first-order valence-electron chi connectivity index (χ1n) is 7.63. The number of benzene rings is 1. The molecule has 0 unspecified atom stereocenters. The first-order chi connectivity index (χ1) is 11.4. The molecule has 1 fully saturated rings. The average Bonchev–Trinajstić information content (AvgIpc) is 2.92. The van der Waals surface area contributed by atoms with Gasteiger partial charge in [-0.25, -0.2) is 13.4 Å². The predicted molar refractivity (Wildman–Crippen MR) is 90.9 cm³/mol. The van der Waals surface area contributed by atoms with Gasteiger partial charge in [-0.1, -0.05) is 17.7 Å². The molecule has 7 heteroatoms. The minimum Gasteiger partial charge on any atom is -0.439 e. The molecule has 0 aliphatic carbocycles. The van der Waals surface area contributed by atoms with Crippen molar-refractivity contribution < 1.29 is 17.9 Å². The summed E-state index contributed by atoms with van der Waals surface area (Å²) in [5, 5.41) is 2.70. The molecule has 1 N–H and O–H groups in total. The number of nitrogens with one attached hydrogen (secondary N) is 1. The van der Waals surface area contributed by atoms with Crippen LogP contribution in [-0.4, -0.2) is 30.8 Å². The van der Waals surface area contributed by atoms with Crippen LogP contribution in [0.5, 0.6) is 11.6 Å². The van der Waals surface area contributed by atoms with Crippen molar-refractivity contribution in [2.75, 3.05) is 16.8 Å². The number of sulfone groups is 1. The molecule has 1 aliphatic heterocycles. The molecule has 1 atom stereocenters. The SMILES string of the molecule is Cc1ccc(Oc2ccc(NC(=O)[C@H]3CCS(=O)(=O)C3)cn2)cc1. The highest BCUT2D eigenvalue weighted by Gasteiger charge is 2.32. The van der Waals surface area contributed by atoms with Gasteiger partial charge < -0.3 is 10.1 Å². The topological polar surface area (TPSA) is 85.4 Å². The lowest BCUT2D eigenvalue weighted by molar-refractivity contribution is -0.119. The van der Waals surface area contributed by atoms with Gasteiger partial charge >= 0.3 is 0 Å². The van der Waals surface area contributed by atoms with E-state index in [1.54, 1.807) is 12.1 Å². The molecule has 0 bridgehead atoms. The molecular formula is C17H18N2O4S. The Hall–Kier alpha value is -2.41. The zero-order valence-corrected chi connectivity index (χ0v) is 14.0. The van der Waals surface area contributed by atoms with Gasteiger partial charge in [0.2, 0.25) is 11.8 Å². The molecule has 1 amide bonds. The maximum absolute atomic E-state index is 12.1. The largest absolute Gasteiger partial charge is 0.439 e. The summed E-state index contributed by atoms with van der Waals surface area (Å²) < 4.78 is 28.5. The van der Waals surface area contributed by atoms with Crippen molar-refractivity contribution in [3.63, 3.8) is 0 Å². The van der Waals surface area contributed by atoms with E-state index in [1.165, 1.54) is 6.20 Å². The van der Waals surface area contributed by atoms with Crippen LogP contribution in [0.2, 0.25) is 0 Å². The number of anilines is 1. The summed E-state index contributed by atoms with van der Waals surface area (Å²) in [5.41, 5.74) is 1.66. The van der Waals surface area contributed by atoms with Gasteiger partial charge in [0, 0.05) is 6.07 Å². The highest BCUT2D eigenvalue weighted by atomic mass is 32.2. The molecule has 1 aliphatic rings. The Morgan fingerprint density at radius 1 is 1.21 bits per heavy atom. The highest BCUT2D eigenvalue weighted by Crippen LogP contribution is 2.23. The van der Waals surface area contributed by atoms with Crippen LogP contribution in [0.15, 0.2) is 42.6 Å². The van der Waals surface area contributed by atoms with Crippen LogP contribution < -0.4 is 10.1 Å². The van der Waals surface area contributed by atoms with Gasteiger partial charge in [-0.3, -0.25) is 4.79 Å². The first kappa shape index (κ1) is 16.4. The molecule has 3 rings (SSSR count). The second-order valence-electron chi connectivity index (χ2n) is 5.89. The number of pyridine rings is 1. The van der Waals surface area contributed by atoms with Gasteiger partial charge in [0.05, 0.1) is 29.3 Å². The summed E-state index contributed by atoms with van der Waals surface area (Å²) in [6.07, 6.45) is 1.86. The standard InChI is InChI=1S/C17H18N2O4S/c1-12-2-5-15(6-3-12)23-16-7-4-14(10-18-16)19-17(20)13-8-9-24(21,22)11-13/h2-7,10,13H,8-9,11H2,1H3,(H,19,20)/t13-/m0/s1. The Balaban J connectivity index is 1.60. The average molecular weight is 346 g/mol. The summed E-state index contributed by atoms with van der Waals surface area (Å²) in [6, 6.07) is 10.9. The Kier molecular flexibility index (Phi) is 4.53. The number of rotatable bonds is 4. The maximum Gasteiger partial charge on any atom is 0.228 e. The Bertz CT molecular complexity index is 830. The van der Waals surface area contributed by atoms with E-state index in [-0.39, 0.29) is 17.4 Å². The van der Waals surface area contributed by atoms with E-state index in [4.69, 9.17) is 4.74 Å². The smallest absolute Gasteiger partial charge is 0.228 e. The third-order valence-corrected chi connectivity index (χ3v) is 5.62. The van der Waals surface area contributed by atoms with E-state index >= 15 is 0 Å². The molecule has 0 spiro atoms. The predicted octanol–water partition coefficient (Wildman–Crippen LogP) is 2.56. The van der Waals surface area contributed by atoms with Gasteiger partial charge in [-0.05, 0) is 31.5 Å². The molecular weight excluding hydrogens is 328 g/mol. The Morgan fingerprint density at radius 2 is 1.96 bits per heavy atom. The third kappa shape index (κ3) is 4.11. The monoisotopic (exact) mass is 346 g/mol. The lowest BCUT2D eigenvalue weighted by Crippen LogP contribution is -2.23. The molecule has 1 aromatic heterocycles. The number of amides is 1. The number of aryl methyl sites for hydroxylation is 1. The van der Waals surface area contributed by atoms with Crippen molar-refractivity contribution in [2.45, 2.75) is 13.3 Å². The maximum atomic E-state index is 12.1. The van der Waals surface area contributed by atoms with Gasteiger partial charge in [0.15, 0.2) is 9.84 Å². The van der Waals surface area contributed by atoms with E-state index in [1.807, 2.05) is 31.2 Å². The number of hydrogen-bond acceptors (Lipinski definition) is 5. The van der Waals surface area contributed by atoms with Gasteiger partial charge in [0.1, 0.15) is 5.75 Å². The summed E-state index contributed by atoms with van der Waals surface area (Å²) >= 11 is 0. The summed E-state index contributed by atoms with van der Waals surface area (Å²) in [7, 11) is -3.07. The van der Waals surface area contributed by atoms with Gasteiger partial charge in [-0.15, -0.1) is 0 Å². The molecule has 1 saturated heterocycles. The molecule has 1 aromatic carbocycles. The van der Waals surface area contributed by atoms with Crippen molar-refractivity contribution in [1.82, 2.24) is 4.98 Å². The van der Waals surface area contributed by atoms with Crippen LogP contribution in [0.25, 0.3) is 0 Å². The molecule has 2 heterocycles. The molecule has 6 nitrogen and oxygen atoms in total. The summed E-state index contributed by atoms with van der Waals surface area (Å²) in [6.45, 7) is 2.00. The Labute approximate surface area is 140 Å². The van der Waals surface area contributed by atoms with Crippen molar-refractivity contribution in [3.05, 3.63) is 48.2 Å². The zero-order valence-electron chi connectivity index (χ0n) is 13.2. The fourth-order valence-electron chi connectivity index (χ4n) is 2.49. The quantitative estimate of drug-likeness (QED) is 0.919. The fourth-order valence-corrected chi connectivity index (χ4v) is 4.23. The van der Waals surface area contributed by atoms with Crippen LogP contribution in [0.1, 0.15) is 12.0 Å². The van der Waals surface area contributed by atoms with E-state index in [0.29, 0.717) is 23.7 Å². The number of carbonyl (C=O) groups excluding carboxylic acids is 1.